The first kappa shape index (κ1) is 16.9. The van der Waals surface area contributed by atoms with E-state index in [1.165, 1.54) is 0 Å². The molecule has 0 saturated carbocycles. The van der Waals surface area contributed by atoms with Crippen molar-refractivity contribution in [3.05, 3.63) is 60.2 Å². The zero-order chi connectivity index (χ0) is 16.7. The monoisotopic (exact) mass is 308 g/mol. The van der Waals surface area contributed by atoms with Crippen molar-refractivity contribution in [1.29, 1.82) is 5.26 Å². The van der Waals surface area contributed by atoms with Crippen LogP contribution in [0.2, 0.25) is 0 Å². The van der Waals surface area contributed by atoms with Crippen molar-refractivity contribution in [2.75, 3.05) is 25.6 Å². The highest BCUT2D eigenvalue weighted by Crippen LogP contribution is 2.28. The molecule has 0 radical (unpaired) electrons. The second kappa shape index (κ2) is 7.69. The molecular weight excluding hydrogens is 284 g/mol. The van der Waals surface area contributed by atoms with Crippen LogP contribution in [0.5, 0.6) is 5.75 Å². The van der Waals surface area contributed by atoms with Gasteiger partial charge in [-0.15, -0.1) is 0 Å². The SMILES string of the molecule is CN(C)c1cccc(OCCCC(C)(C#N)c2ccccc2)c1. The Morgan fingerprint density at radius 3 is 2.48 bits per heavy atom. The Kier molecular flexibility index (Phi) is 5.65. The van der Waals surface area contributed by atoms with Gasteiger partial charge in [0.2, 0.25) is 0 Å². The fourth-order valence-corrected chi connectivity index (χ4v) is 2.54. The van der Waals surface area contributed by atoms with Crippen molar-refractivity contribution < 1.29 is 4.74 Å². The van der Waals surface area contributed by atoms with Crippen LogP contribution in [0.4, 0.5) is 5.69 Å². The third-order valence-electron chi connectivity index (χ3n) is 4.08. The number of ether oxygens (including phenoxy) is 1. The van der Waals surface area contributed by atoms with Crippen molar-refractivity contribution in [3.63, 3.8) is 0 Å². The van der Waals surface area contributed by atoms with Gasteiger partial charge in [0, 0.05) is 25.8 Å². The summed E-state index contributed by atoms with van der Waals surface area (Å²) in [6.07, 6.45) is 1.62. The summed E-state index contributed by atoms with van der Waals surface area (Å²) in [5.74, 6) is 0.870. The van der Waals surface area contributed by atoms with Crippen LogP contribution < -0.4 is 9.64 Å². The highest BCUT2D eigenvalue weighted by atomic mass is 16.5. The molecule has 23 heavy (non-hydrogen) atoms. The summed E-state index contributed by atoms with van der Waals surface area (Å²) >= 11 is 0. The van der Waals surface area contributed by atoms with E-state index in [0.717, 1.165) is 29.8 Å². The summed E-state index contributed by atoms with van der Waals surface area (Å²) in [6.45, 7) is 2.61. The van der Waals surface area contributed by atoms with Crippen LogP contribution in [0.1, 0.15) is 25.3 Å². The molecule has 0 saturated heterocycles. The number of nitrogens with zero attached hydrogens (tertiary/aromatic N) is 2. The quantitative estimate of drug-likeness (QED) is 0.712. The molecule has 0 aliphatic rings. The van der Waals surface area contributed by atoms with Crippen LogP contribution in [0, 0.1) is 11.3 Å². The van der Waals surface area contributed by atoms with E-state index in [9.17, 15) is 5.26 Å². The summed E-state index contributed by atoms with van der Waals surface area (Å²) < 4.78 is 5.84. The van der Waals surface area contributed by atoms with E-state index in [1.54, 1.807) is 0 Å². The zero-order valence-corrected chi connectivity index (χ0v) is 14.1. The topological polar surface area (TPSA) is 36.3 Å². The molecule has 0 amide bonds. The van der Waals surface area contributed by atoms with Gasteiger partial charge >= 0.3 is 0 Å². The Balaban J connectivity index is 1.89. The van der Waals surface area contributed by atoms with Gasteiger partial charge in [-0.2, -0.15) is 5.26 Å². The Bertz CT molecular complexity index is 661. The highest BCUT2D eigenvalue weighted by Gasteiger charge is 2.25. The number of benzene rings is 2. The predicted octanol–water partition coefficient (Wildman–Crippen LogP) is 4.39. The van der Waals surface area contributed by atoms with Crippen molar-refractivity contribution in [1.82, 2.24) is 0 Å². The Hall–Kier alpha value is -2.47. The first-order chi connectivity index (χ1) is 11.0. The van der Waals surface area contributed by atoms with E-state index in [-0.39, 0.29) is 0 Å². The molecule has 0 fully saturated rings. The summed E-state index contributed by atoms with van der Waals surface area (Å²) in [5.41, 5.74) is 1.72. The minimum absolute atomic E-state index is 0.462. The van der Waals surface area contributed by atoms with Crippen molar-refractivity contribution in [2.24, 2.45) is 0 Å². The molecule has 3 nitrogen and oxygen atoms in total. The molecule has 0 aliphatic heterocycles. The summed E-state index contributed by atoms with van der Waals surface area (Å²) in [6, 6.07) is 20.5. The third kappa shape index (κ3) is 4.50. The molecule has 0 aromatic heterocycles. The molecule has 2 rings (SSSR count). The first-order valence-electron chi connectivity index (χ1n) is 7.92. The maximum Gasteiger partial charge on any atom is 0.121 e. The Labute approximate surface area is 139 Å². The summed E-state index contributed by atoms with van der Waals surface area (Å²) in [7, 11) is 4.02. The highest BCUT2D eigenvalue weighted by molar-refractivity contribution is 5.49. The largest absolute Gasteiger partial charge is 0.494 e. The number of hydrogen-bond donors (Lipinski definition) is 0. The molecule has 120 valence electrons. The number of nitriles is 1. The van der Waals surface area contributed by atoms with E-state index in [2.05, 4.69) is 17.0 Å². The third-order valence-corrected chi connectivity index (χ3v) is 4.08. The number of hydrogen-bond acceptors (Lipinski definition) is 3. The standard InChI is InChI=1S/C20H24N2O/c1-20(16-21,17-9-5-4-6-10-17)13-8-14-23-19-12-7-11-18(15-19)22(2)3/h4-7,9-12,15H,8,13-14H2,1-3H3. The average Bonchev–Trinajstić information content (AvgIpc) is 2.59. The van der Waals surface area contributed by atoms with Crippen LogP contribution in [-0.2, 0) is 5.41 Å². The number of anilines is 1. The molecule has 3 heteroatoms. The van der Waals surface area contributed by atoms with Crippen molar-refractivity contribution in [3.8, 4) is 11.8 Å². The maximum absolute atomic E-state index is 9.56. The van der Waals surface area contributed by atoms with Crippen molar-refractivity contribution >= 4 is 5.69 Å². The molecule has 2 aromatic carbocycles. The minimum atomic E-state index is -0.462. The van der Waals surface area contributed by atoms with E-state index >= 15 is 0 Å². The molecule has 1 atom stereocenters. The van der Waals surface area contributed by atoms with Gasteiger partial charge in [-0.3, -0.25) is 0 Å². The van der Waals surface area contributed by atoms with Crippen LogP contribution in [0.3, 0.4) is 0 Å². The second-order valence-corrected chi connectivity index (χ2v) is 6.15. The molecule has 0 bridgehead atoms. The fraction of sp³-hybridized carbons (Fsp3) is 0.350. The lowest BCUT2D eigenvalue weighted by Gasteiger charge is -2.22. The van der Waals surface area contributed by atoms with Crippen LogP contribution in [-0.4, -0.2) is 20.7 Å². The van der Waals surface area contributed by atoms with Gasteiger partial charge in [0.05, 0.1) is 18.1 Å². The van der Waals surface area contributed by atoms with Gasteiger partial charge in [-0.05, 0) is 37.5 Å². The van der Waals surface area contributed by atoms with Crippen LogP contribution >= 0.6 is 0 Å². The van der Waals surface area contributed by atoms with Gasteiger partial charge in [-0.25, -0.2) is 0 Å². The second-order valence-electron chi connectivity index (χ2n) is 6.15. The van der Waals surface area contributed by atoms with Gasteiger partial charge in [-0.1, -0.05) is 36.4 Å². The molecule has 2 aromatic rings. The fourth-order valence-electron chi connectivity index (χ4n) is 2.54. The van der Waals surface area contributed by atoms with E-state index in [4.69, 9.17) is 4.74 Å². The van der Waals surface area contributed by atoms with Gasteiger partial charge < -0.3 is 9.64 Å². The van der Waals surface area contributed by atoms with Gasteiger partial charge in [0.1, 0.15) is 5.75 Å². The number of rotatable bonds is 7. The lowest BCUT2D eigenvalue weighted by Crippen LogP contribution is -2.20. The smallest absolute Gasteiger partial charge is 0.121 e. The summed E-state index contributed by atoms with van der Waals surface area (Å²) in [5, 5.41) is 9.56. The van der Waals surface area contributed by atoms with E-state index < -0.39 is 5.41 Å². The zero-order valence-electron chi connectivity index (χ0n) is 14.1. The lowest BCUT2D eigenvalue weighted by atomic mass is 9.80. The maximum atomic E-state index is 9.56. The molecule has 0 spiro atoms. The molecular formula is C20H24N2O. The van der Waals surface area contributed by atoms with E-state index in [0.29, 0.717) is 6.61 Å². The molecule has 1 unspecified atom stereocenters. The van der Waals surface area contributed by atoms with Gasteiger partial charge in [0.25, 0.3) is 0 Å². The van der Waals surface area contributed by atoms with Crippen molar-refractivity contribution in [2.45, 2.75) is 25.2 Å². The normalized spacial score (nSPS) is 13.0. The molecule has 0 heterocycles. The molecule has 0 aliphatic carbocycles. The predicted molar refractivity (Wildman–Crippen MR) is 94.9 cm³/mol. The minimum Gasteiger partial charge on any atom is -0.494 e. The first-order valence-corrected chi connectivity index (χ1v) is 7.92. The van der Waals surface area contributed by atoms with E-state index in [1.807, 2.05) is 69.6 Å². The van der Waals surface area contributed by atoms with Crippen LogP contribution in [0.25, 0.3) is 0 Å². The average molecular weight is 308 g/mol. The Morgan fingerprint density at radius 1 is 1.09 bits per heavy atom. The Morgan fingerprint density at radius 2 is 1.83 bits per heavy atom. The summed E-state index contributed by atoms with van der Waals surface area (Å²) in [4.78, 5) is 2.05. The molecule has 0 N–H and O–H groups in total. The lowest BCUT2D eigenvalue weighted by molar-refractivity contribution is 0.296. The van der Waals surface area contributed by atoms with Crippen LogP contribution in [0.15, 0.2) is 54.6 Å². The van der Waals surface area contributed by atoms with Gasteiger partial charge in [0.15, 0.2) is 0 Å².